The van der Waals surface area contributed by atoms with Crippen LogP contribution in [0.5, 0.6) is 0 Å². The van der Waals surface area contributed by atoms with Crippen molar-refractivity contribution in [2.75, 3.05) is 9.80 Å². The Morgan fingerprint density at radius 3 is 1.44 bits per heavy atom. The Hall–Kier alpha value is -9.84. The molecular formula is C68H42N2O3. The van der Waals surface area contributed by atoms with Gasteiger partial charge in [0.15, 0.2) is 11.2 Å². The van der Waals surface area contributed by atoms with Crippen molar-refractivity contribution in [2.45, 2.75) is 0 Å². The van der Waals surface area contributed by atoms with Crippen LogP contribution in [0.25, 0.3) is 110 Å². The van der Waals surface area contributed by atoms with Gasteiger partial charge < -0.3 is 23.1 Å². The zero-order valence-corrected chi connectivity index (χ0v) is 39.4. The number of fused-ring (bicyclic) bond motifs is 14. The zero-order valence-electron chi connectivity index (χ0n) is 39.4. The second-order valence-electron chi connectivity index (χ2n) is 18.7. The number of hydrogen-bond acceptors (Lipinski definition) is 5. The summed E-state index contributed by atoms with van der Waals surface area (Å²) in [6, 6.07) is 90.1. The van der Waals surface area contributed by atoms with Crippen LogP contribution in [0.1, 0.15) is 0 Å². The fraction of sp³-hybridized carbons (Fsp3) is 0. The van der Waals surface area contributed by atoms with Gasteiger partial charge in [-0.25, -0.2) is 0 Å². The molecule has 0 fully saturated rings. The lowest BCUT2D eigenvalue weighted by molar-refractivity contribution is 0.668. The van der Waals surface area contributed by atoms with Crippen LogP contribution in [0.4, 0.5) is 34.1 Å². The molecule has 342 valence electrons. The Morgan fingerprint density at radius 2 is 0.726 bits per heavy atom. The molecule has 0 radical (unpaired) electrons. The summed E-state index contributed by atoms with van der Waals surface area (Å²) >= 11 is 0. The van der Waals surface area contributed by atoms with Gasteiger partial charge in [-0.3, -0.25) is 0 Å². The van der Waals surface area contributed by atoms with E-state index in [1.807, 2.05) is 24.3 Å². The molecule has 3 heterocycles. The molecule has 15 rings (SSSR count). The lowest BCUT2D eigenvalue weighted by Crippen LogP contribution is -2.11. The molecule has 0 saturated heterocycles. The van der Waals surface area contributed by atoms with Gasteiger partial charge in [-0.1, -0.05) is 170 Å². The monoisotopic (exact) mass is 934 g/mol. The fourth-order valence-corrected chi connectivity index (χ4v) is 11.3. The van der Waals surface area contributed by atoms with Gasteiger partial charge in [0.05, 0.1) is 22.7 Å². The first-order valence-electron chi connectivity index (χ1n) is 24.7. The van der Waals surface area contributed by atoms with Gasteiger partial charge in [0, 0.05) is 60.7 Å². The molecule has 0 bridgehead atoms. The number of nitrogens with zero attached hydrogens (tertiary/aromatic N) is 2. The third kappa shape index (κ3) is 6.49. The molecule has 0 aliphatic carbocycles. The summed E-state index contributed by atoms with van der Waals surface area (Å²) in [5.41, 5.74) is 15.6. The first-order valence-corrected chi connectivity index (χ1v) is 24.7. The van der Waals surface area contributed by atoms with Gasteiger partial charge in [0.2, 0.25) is 0 Å². The highest BCUT2D eigenvalue weighted by molar-refractivity contribution is 6.30. The molecule has 0 amide bonds. The number of hydrogen-bond donors (Lipinski definition) is 0. The number of rotatable bonds is 8. The minimum absolute atomic E-state index is 0.810. The van der Waals surface area contributed by atoms with Crippen molar-refractivity contribution >= 4 is 121 Å². The fourth-order valence-electron chi connectivity index (χ4n) is 11.3. The molecule has 0 aliphatic heterocycles. The van der Waals surface area contributed by atoms with Crippen LogP contribution in [0.2, 0.25) is 0 Å². The van der Waals surface area contributed by atoms with Gasteiger partial charge in [-0.15, -0.1) is 0 Å². The van der Waals surface area contributed by atoms with E-state index in [1.54, 1.807) is 0 Å². The van der Waals surface area contributed by atoms with Crippen molar-refractivity contribution in [1.29, 1.82) is 0 Å². The van der Waals surface area contributed by atoms with E-state index < -0.39 is 0 Å². The van der Waals surface area contributed by atoms with Gasteiger partial charge in [0.1, 0.15) is 22.3 Å². The Bertz CT molecular complexity index is 4630. The Labute approximate surface area is 419 Å². The van der Waals surface area contributed by atoms with E-state index in [1.165, 1.54) is 5.39 Å². The van der Waals surface area contributed by atoms with E-state index in [0.29, 0.717) is 0 Å². The summed E-state index contributed by atoms with van der Waals surface area (Å²) in [6.45, 7) is 0. The maximum Gasteiger partial charge on any atom is 0.159 e. The van der Waals surface area contributed by atoms with Gasteiger partial charge in [-0.05, 0) is 112 Å². The Kier molecular flexibility index (Phi) is 9.19. The number of furan rings is 3. The van der Waals surface area contributed by atoms with E-state index in [4.69, 9.17) is 13.3 Å². The van der Waals surface area contributed by atoms with Crippen LogP contribution in [0.3, 0.4) is 0 Å². The maximum atomic E-state index is 7.14. The summed E-state index contributed by atoms with van der Waals surface area (Å²) in [5.74, 6) is 0. The first kappa shape index (κ1) is 41.0. The maximum absolute atomic E-state index is 7.14. The lowest BCUT2D eigenvalue weighted by atomic mass is 9.94. The third-order valence-corrected chi connectivity index (χ3v) is 14.6. The van der Waals surface area contributed by atoms with Crippen LogP contribution in [0, 0.1) is 0 Å². The summed E-state index contributed by atoms with van der Waals surface area (Å²) in [5, 5.41) is 11.1. The van der Waals surface area contributed by atoms with E-state index in [2.05, 4.69) is 240 Å². The van der Waals surface area contributed by atoms with Gasteiger partial charge in [-0.2, -0.15) is 0 Å². The highest BCUT2D eigenvalue weighted by Crippen LogP contribution is 2.49. The molecule has 0 saturated carbocycles. The molecule has 5 heteroatoms. The zero-order chi connectivity index (χ0) is 48.0. The standard InChI is InChI=1S/C68H42N2O3/c1-3-17-44(18-4-1)49-21-9-12-28-59(49)70(61-30-16-27-55-52-24-11-14-32-63(52)72-67(55)61)48-38-40-57-64(42-48)73-68-56-39-35-45(41-58(56)50-22-7-8-25-53(50)65(57)68)43-33-36-47(37-34-43)69(46-19-5-2-6-20-46)60-29-15-26-54-51-23-10-13-31-62(51)71-66(54)60/h1-42H. The highest BCUT2D eigenvalue weighted by atomic mass is 16.3. The minimum Gasteiger partial charge on any atom is -0.455 e. The minimum atomic E-state index is 0.810. The van der Waals surface area contributed by atoms with Crippen LogP contribution < -0.4 is 9.80 Å². The Morgan fingerprint density at radius 1 is 0.233 bits per heavy atom. The highest BCUT2D eigenvalue weighted by Gasteiger charge is 2.25. The average molecular weight is 935 g/mol. The van der Waals surface area contributed by atoms with Crippen LogP contribution in [-0.4, -0.2) is 0 Å². The third-order valence-electron chi connectivity index (χ3n) is 14.6. The summed E-state index contributed by atoms with van der Waals surface area (Å²) in [7, 11) is 0. The molecule has 0 unspecified atom stereocenters. The molecule has 3 aromatic heterocycles. The quantitative estimate of drug-likeness (QED) is 0.142. The Balaban J connectivity index is 0.870. The summed E-state index contributed by atoms with van der Waals surface area (Å²) in [4.78, 5) is 4.61. The molecule has 0 atom stereocenters. The topological polar surface area (TPSA) is 45.9 Å². The molecular weight excluding hydrogens is 893 g/mol. The van der Waals surface area contributed by atoms with Crippen LogP contribution >= 0.6 is 0 Å². The van der Waals surface area contributed by atoms with Crippen molar-refractivity contribution in [3.05, 3.63) is 255 Å². The molecule has 12 aromatic carbocycles. The van der Waals surface area contributed by atoms with Gasteiger partial charge >= 0.3 is 0 Å². The molecule has 0 aliphatic rings. The van der Waals surface area contributed by atoms with Crippen LogP contribution in [-0.2, 0) is 0 Å². The normalized spacial score (nSPS) is 11.8. The van der Waals surface area contributed by atoms with Crippen molar-refractivity contribution < 1.29 is 13.3 Å². The average Bonchev–Trinajstić information content (AvgIpc) is 4.18. The van der Waals surface area contributed by atoms with Crippen molar-refractivity contribution in [3.63, 3.8) is 0 Å². The molecule has 0 spiro atoms. The SMILES string of the molecule is c1ccc(-c2ccccc2N(c2ccc3c(c2)oc2c4ccc(-c5ccc(N(c6ccccc6)c6cccc7c6oc6ccccc67)cc5)cc4c4ccccc4c32)c2cccc3c2oc2ccccc23)cc1. The number of benzene rings is 12. The molecule has 0 N–H and O–H groups in total. The van der Waals surface area contributed by atoms with E-state index >= 15 is 0 Å². The summed E-state index contributed by atoms with van der Waals surface area (Å²) in [6.07, 6.45) is 0. The van der Waals surface area contributed by atoms with Crippen molar-refractivity contribution in [3.8, 4) is 22.3 Å². The largest absolute Gasteiger partial charge is 0.455 e. The number of para-hydroxylation sites is 6. The van der Waals surface area contributed by atoms with E-state index in [9.17, 15) is 0 Å². The smallest absolute Gasteiger partial charge is 0.159 e. The predicted octanol–water partition coefficient (Wildman–Crippen LogP) is 20.0. The predicted molar refractivity (Wildman–Crippen MR) is 304 cm³/mol. The van der Waals surface area contributed by atoms with Gasteiger partial charge in [0.25, 0.3) is 0 Å². The molecule has 5 nitrogen and oxygen atoms in total. The van der Waals surface area contributed by atoms with Crippen LogP contribution in [0.15, 0.2) is 268 Å². The summed E-state index contributed by atoms with van der Waals surface area (Å²) < 4.78 is 20.4. The van der Waals surface area contributed by atoms with Crippen molar-refractivity contribution in [2.24, 2.45) is 0 Å². The lowest BCUT2D eigenvalue weighted by Gasteiger charge is -2.27. The van der Waals surface area contributed by atoms with E-state index in [-0.39, 0.29) is 0 Å². The van der Waals surface area contributed by atoms with E-state index in [0.717, 1.165) is 138 Å². The van der Waals surface area contributed by atoms with Crippen molar-refractivity contribution in [1.82, 2.24) is 0 Å². The number of anilines is 6. The second kappa shape index (κ2) is 16.4. The molecule has 73 heavy (non-hydrogen) atoms. The second-order valence-corrected chi connectivity index (χ2v) is 18.7. The first-order chi connectivity index (χ1) is 36.2. The molecule has 15 aromatic rings.